The lowest BCUT2D eigenvalue weighted by Gasteiger charge is -2.07. The molecule has 6 heteroatoms. The van der Waals surface area contributed by atoms with Gasteiger partial charge in [-0.1, -0.05) is 38.1 Å². The van der Waals surface area contributed by atoms with Crippen LogP contribution >= 0.6 is 11.6 Å². The van der Waals surface area contributed by atoms with Crippen molar-refractivity contribution in [3.63, 3.8) is 0 Å². The van der Waals surface area contributed by atoms with E-state index in [1.165, 1.54) is 12.1 Å². The van der Waals surface area contributed by atoms with Crippen molar-refractivity contribution in [3.05, 3.63) is 53.3 Å². The van der Waals surface area contributed by atoms with Gasteiger partial charge in [-0.05, 0) is 11.6 Å². The summed E-state index contributed by atoms with van der Waals surface area (Å²) in [6.07, 6.45) is 0. The number of rotatable bonds is 2. The highest BCUT2D eigenvalue weighted by Gasteiger charge is 2.23. The van der Waals surface area contributed by atoms with Gasteiger partial charge in [-0.25, -0.2) is 9.37 Å². The fourth-order valence-electron chi connectivity index (χ4n) is 2.96. The first-order valence-electron chi connectivity index (χ1n) is 8.30. The molecule has 130 valence electrons. The van der Waals surface area contributed by atoms with E-state index in [1.807, 2.05) is 42.7 Å². The lowest BCUT2D eigenvalue weighted by molar-refractivity contribution is 0.0956. The number of amides is 1. The Hall–Kier alpha value is -2.40. The second-order valence-corrected chi connectivity index (χ2v) is 5.76. The van der Waals surface area contributed by atoms with Gasteiger partial charge in [0.15, 0.2) is 0 Å². The van der Waals surface area contributed by atoms with Gasteiger partial charge in [-0.15, -0.1) is 11.6 Å². The Kier molecular flexibility index (Phi) is 5.04. The summed E-state index contributed by atoms with van der Waals surface area (Å²) < 4.78 is 15.8. The van der Waals surface area contributed by atoms with Crippen LogP contribution in [0.4, 0.5) is 4.39 Å². The lowest BCUT2D eigenvalue weighted by atomic mass is 10.1. The van der Waals surface area contributed by atoms with Gasteiger partial charge in [-0.3, -0.25) is 4.79 Å². The molecule has 0 saturated heterocycles. The van der Waals surface area contributed by atoms with Crippen molar-refractivity contribution in [1.82, 2.24) is 14.9 Å². The highest BCUT2D eigenvalue weighted by molar-refractivity contribution is 6.17. The van der Waals surface area contributed by atoms with Gasteiger partial charge in [0.1, 0.15) is 11.6 Å². The molecule has 0 radical (unpaired) electrons. The molecule has 0 saturated carbocycles. The monoisotopic (exact) mass is 359 g/mol. The third kappa shape index (κ3) is 3.12. The van der Waals surface area contributed by atoms with Crippen LogP contribution in [0.2, 0.25) is 0 Å². The lowest BCUT2D eigenvalue weighted by Crippen LogP contribution is -2.24. The molecule has 0 aliphatic carbocycles. The van der Waals surface area contributed by atoms with Crippen LogP contribution < -0.4 is 5.32 Å². The predicted molar refractivity (Wildman–Crippen MR) is 98.4 cm³/mol. The van der Waals surface area contributed by atoms with Crippen LogP contribution in [0.3, 0.4) is 0 Å². The van der Waals surface area contributed by atoms with Crippen molar-refractivity contribution in [2.45, 2.75) is 26.3 Å². The highest BCUT2D eigenvalue weighted by atomic mass is 35.5. The van der Waals surface area contributed by atoms with E-state index in [0.717, 1.165) is 17.0 Å². The maximum absolute atomic E-state index is 13.8. The Morgan fingerprint density at radius 2 is 1.96 bits per heavy atom. The number of nitrogens with one attached hydrogen (secondary N) is 1. The number of imidazole rings is 1. The summed E-state index contributed by atoms with van der Waals surface area (Å²) in [7, 11) is 0. The Morgan fingerprint density at radius 1 is 1.24 bits per heavy atom. The van der Waals surface area contributed by atoms with E-state index in [1.54, 1.807) is 0 Å². The number of hydrogen-bond acceptors (Lipinski definition) is 2. The minimum atomic E-state index is -0.460. The Labute approximate surface area is 150 Å². The first-order valence-corrected chi connectivity index (χ1v) is 8.84. The van der Waals surface area contributed by atoms with E-state index in [-0.39, 0.29) is 5.91 Å². The molecule has 0 spiro atoms. The van der Waals surface area contributed by atoms with Crippen LogP contribution in [0.5, 0.6) is 0 Å². The first kappa shape index (κ1) is 17.4. The second-order valence-electron chi connectivity index (χ2n) is 5.49. The van der Waals surface area contributed by atoms with Gasteiger partial charge in [-0.2, -0.15) is 0 Å². The third-order valence-electron chi connectivity index (χ3n) is 4.04. The summed E-state index contributed by atoms with van der Waals surface area (Å²) in [5.74, 6) is 0.449. The van der Waals surface area contributed by atoms with Gasteiger partial charge >= 0.3 is 0 Å². The number of nitrogens with zero attached hydrogens (tertiary/aromatic N) is 2. The topological polar surface area (TPSA) is 46.9 Å². The van der Waals surface area contributed by atoms with Gasteiger partial charge < -0.3 is 9.88 Å². The fourth-order valence-corrected chi connectivity index (χ4v) is 3.14. The van der Waals surface area contributed by atoms with Gasteiger partial charge in [0.05, 0.1) is 16.6 Å². The zero-order valence-corrected chi connectivity index (χ0v) is 14.9. The molecule has 0 fully saturated rings. The second kappa shape index (κ2) is 7.23. The van der Waals surface area contributed by atoms with E-state index in [4.69, 9.17) is 11.6 Å². The van der Waals surface area contributed by atoms with E-state index in [0.29, 0.717) is 35.6 Å². The molecular formula is C19H19ClFN3O. The molecule has 1 N–H and O–H groups in total. The van der Waals surface area contributed by atoms with E-state index in [9.17, 15) is 9.18 Å². The predicted octanol–water partition coefficient (Wildman–Crippen LogP) is 4.35. The number of benzene rings is 2. The quantitative estimate of drug-likeness (QED) is 0.691. The molecule has 1 aromatic heterocycles. The first-order chi connectivity index (χ1) is 12.2. The molecule has 0 atom stereocenters. The normalized spacial score (nSPS) is 13.0. The van der Waals surface area contributed by atoms with Crippen molar-refractivity contribution in [2.24, 2.45) is 0 Å². The average molecular weight is 360 g/mol. The molecule has 3 aromatic rings. The molecule has 2 aromatic carbocycles. The standard InChI is InChI=1S/C17H13ClFN3O.C2H6/c18-9-10-1-3-11(4-2-10)16-21-14-8-12(19)7-13-15(14)22(16)6-5-20-17(13)23;1-2/h1-4,7-8H,5-6,9H2,(H,20,23);1-2H3. The summed E-state index contributed by atoms with van der Waals surface area (Å²) in [6, 6.07) is 10.4. The number of halogens is 2. The van der Waals surface area contributed by atoms with E-state index >= 15 is 0 Å². The summed E-state index contributed by atoms with van der Waals surface area (Å²) in [5.41, 5.74) is 3.43. The number of hydrogen-bond donors (Lipinski definition) is 1. The molecule has 2 heterocycles. The largest absolute Gasteiger partial charge is 0.350 e. The van der Waals surface area contributed by atoms with E-state index < -0.39 is 5.82 Å². The van der Waals surface area contributed by atoms with Crippen molar-refractivity contribution in [3.8, 4) is 11.4 Å². The van der Waals surface area contributed by atoms with Crippen LogP contribution in [0, 0.1) is 5.82 Å². The van der Waals surface area contributed by atoms with Crippen molar-refractivity contribution in [2.75, 3.05) is 6.54 Å². The van der Waals surface area contributed by atoms with Crippen LogP contribution in [0.15, 0.2) is 36.4 Å². The molecule has 1 amide bonds. The molecule has 4 rings (SSSR count). The van der Waals surface area contributed by atoms with Crippen molar-refractivity contribution >= 4 is 28.5 Å². The zero-order chi connectivity index (χ0) is 18.0. The van der Waals surface area contributed by atoms with Crippen molar-refractivity contribution < 1.29 is 9.18 Å². The van der Waals surface area contributed by atoms with Crippen LogP contribution in [-0.4, -0.2) is 22.0 Å². The van der Waals surface area contributed by atoms with Gasteiger partial charge in [0.2, 0.25) is 0 Å². The molecule has 1 aliphatic rings. The van der Waals surface area contributed by atoms with Gasteiger partial charge in [0, 0.05) is 30.6 Å². The maximum Gasteiger partial charge on any atom is 0.253 e. The van der Waals surface area contributed by atoms with Crippen LogP contribution in [0.1, 0.15) is 29.8 Å². The summed E-state index contributed by atoms with van der Waals surface area (Å²) in [5, 5.41) is 2.79. The molecule has 0 unspecified atom stereocenters. The Balaban J connectivity index is 0.000000880. The minimum Gasteiger partial charge on any atom is -0.350 e. The summed E-state index contributed by atoms with van der Waals surface area (Å²) >= 11 is 5.82. The van der Waals surface area contributed by atoms with Gasteiger partial charge in [0.25, 0.3) is 5.91 Å². The molecule has 1 aliphatic heterocycles. The van der Waals surface area contributed by atoms with E-state index in [2.05, 4.69) is 10.3 Å². The minimum absolute atomic E-state index is 0.266. The SMILES string of the molecule is CC.O=C1NCCn2c(-c3ccc(CCl)cc3)nc3cc(F)cc1c32. The van der Waals surface area contributed by atoms with Crippen LogP contribution in [-0.2, 0) is 12.4 Å². The number of aromatic nitrogens is 2. The number of carbonyl (C=O) groups is 1. The molecule has 0 bridgehead atoms. The Morgan fingerprint density at radius 3 is 2.64 bits per heavy atom. The smallest absolute Gasteiger partial charge is 0.253 e. The fraction of sp³-hybridized carbons (Fsp3) is 0.263. The zero-order valence-electron chi connectivity index (χ0n) is 14.1. The Bertz CT molecular complexity index is 919. The molecule has 4 nitrogen and oxygen atoms in total. The van der Waals surface area contributed by atoms with Crippen molar-refractivity contribution in [1.29, 1.82) is 0 Å². The van der Waals surface area contributed by atoms with Crippen LogP contribution in [0.25, 0.3) is 22.4 Å². The average Bonchev–Trinajstić information content (AvgIpc) is 2.92. The highest BCUT2D eigenvalue weighted by Crippen LogP contribution is 2.29. The third-order valence-corrected chi connectivity index (χ3v) is 4.35. The summed E-state index contributed by atoms with van der Waals surface area (Å²) in [6.45, 7) is 5.07. The maximum atomic E-state index is 13.8. The molecule has 25 heavy (non-hydrogen) atoms. The summed E-state index contributed by atoms with van der Waals surface area (Å²) in [4.78, 5) is 16.7. The number of carbonyl (C=O) groups excluding carboxylic acids is 1. The molecular weight excluding hydrogens is 341 g/mol. The number of alkyl halides is 1.